The van der Waals surface area contributed by atoms with Gasteiger partial charge in [0.15, 0.2) is 0 Å². The highest BCUT2D eigenvalue weighted by Gasteiger charge is 2.37. The Labute approximate surface area is 448 Å². The number of aldehydes is 1. The van der Waals surface area contributed by atoms with E-state index in [1.54, 1.807) is 0 Å². The number of carboxylic acid groups (broad SMARTS) is 1. The molecule has 75 heavy (non-hydrogen) atoms. The maximum Gasteiger partial charge on any atom is 0.305 e. The van der Waals surface area contributed by atoms with Gasteiger partial charge in [-0.1, -0.05) is 218 Å². The van der Waals surface area contributed by atoms with Crippen molar-refractivity contribution in [2.75, 3.05) is 14.2 Å². The third-order valence-electron chi connectivity index (χ3n) is 12.5. The van der Waals surface area contributed by atoms with E-state index in [0.717, 1.165) is 90.4 Å². The first-order valence-electron chi connectivity index (χ1n) is 26.6. The SMILES string of the molecule is CO.COC(=O)CCC/C=C\CC=P(c1ccccc1)(c1ccccc1)c1ccccc1.O=C(O)CCC/C=C\C/C=C\C[C@H]1O[C@H]1C/C=C\CCc1ccccc1.O=CC[C@H]1O[C@H]1C/C=C\CCc1ccccc1. The van der Waals surface area contributed by atoms with E-state index in [9.17, 15) is 14.4 Å². The van der Waals surface area contributed by atoms with Crippen LogP contribution in [0.25, 0.3) is 0 Å². The van der Waals surface area contributed by atoms with Crippen molar-refractivity contribution < 1.29 is 38.8 Å². The summed E-state index contributed by atoms with van der Waals surface area (Å²) in [4.78, 5) is 31.9. The lowest BCUT2D eigenvalue weighted by Gasteiger charge is -2.28. The molecule has 0 bridgehead atoms. The Bertz CT molecular complexity index is 2400. The summed E-state index contributed by atoms with van der Waals surface area (Å²) in [5, 5.41) is 19.6. The standard InChI is InChI=1S/C27H29O2P.C23H30O3.C15H18O2.CH4O/c1-29-27(28)22-14-3-2-4-15-23-30(24-16-8-5-9-17-24,25-18-10-6-11-19-25)26-20-12-7-13-21-26;24-23(25)19-13-5-3-1-2-4-11-17-21-22(26-21)18-12-7-10-16-20-14-8-6-9-15-20;16-12-11-15-14(17-15)10-6-2-5-9-13-7-3-1-4-8-13;1-2/h2,4-13,16-21,23H,3,14-15,22H2,1H3;1,3-4,6-9,11-12,14-15,21-22H,2,5,10,13,16-19H2,(H,24,25);1-4,6-8,12,14-15H,5,9-11H2;2H,1H3/b4-2-;3-1-,11-4-,12-7-;6-2-;/t;21-,22+;14-,15+;/m.10./s1. The van der Waals surface area contributed by atoms with E-state index in [1.165, 1.54) is 34.2 Å². The molecule has 0 aliphatic carbocycles. The highest BCUT2D eigenvalue weighted by Crippen LogP contribution is 2.44. The number of carbonyl (C=O) groups is 3. The van der Waals surface area contributed by atoms with Gasteiger partial charge in [-0.15, -0.1) is 0 Å². The van der Waals surface area contributed by atoms with Gasteiger partial charge in [0.25, 0.3) is 0 Å². The maximum atomic E-state index is 11.3. The second kappa shape index (κ2) is 38.2. The number of epoxide rings is 2. The molecule has 4 atom stereocenters. The summed E-state index contributed by atoms with van der Waals surface area (Å²) in [5.41, 5.74) is 2.76. The van der Waals surface area contributed by atoms with Gasteiger partial charge in [0.1, 0.15) is 6.29 Å². The number of aliphatic hydroxyl groups excluding tert-OH is 1. The Morgan fingerprint density at radius 1 is 0.480 bits per heavy atom. The summed E-state index contributed by atoms with van der Waals surface area (Å²) in [5.74, 6) is 1.64. The number of esters is 1. The van der Waals surface area contributed by atoms with Crippen molar-refractivity contribution in [1.29, 1.82) is 0 Å². The molecule has 2 saturated heterocycles. The molecule has 0 spiro atoms. The van der Waals surface area contributed by atoms with Gasteiger partial charge in [0.05, 0.1) is 31.5 Å². The quantitative estimate of drug-likeness (QED) is 0.0121. The van der Waals surface area contributed by atoms with Gasteiger partial charge in [-0.3, -0.25) is 9.59 Å². The van der Waals surface area contributed by atoms with Gasteiger partial charge in [-0.25, -0.2) is 0 Å². The first-order chi connectivity index (χ1) is 36.9. The first-order valence-corrected chi connectivity index (χ1v) is 28.5. The van der Waals surface area contributed by atoms with Gasteiger partial charge in [0.2, 0.25) is 0 Å². The first kappa shape index (κ1) is 61.1. The zero-order valence-electron chi connectivity index (χ0n) is 44.3. The van der Waals surface area contributed by atoms with Crippen molar-refractivity contribution in [3.63, 3.8) is 0 Å². The van der Waals surface area contributed by atoms with Crippen LogP contribution in [0.1, 0.15) is 101 Å². The summed E-state index contributed by atoms with van der Waals surface area (Å²) < 4.78 is 15.7. The minimum Gasteiger partial charge on any atom is -0.481 e. The molecule has 0 amide bonds. The molecular formula is C66H81O8P. The fourth-order valence-corrected chi connectivity index (χ4v) is 12.3. The number of allylic oxidation sites excluding steroid dienone is 7. The minimum atomic E-state index is -1.88. The van der Waals surface area contributed by atoms with Crippen LogP contribution in [0.3, 0.4) is 0 Å². The van der Waals surface area contributed by atoms with E-state index < -0.39 is 12.9 Å². The van der Waals surface area contributed by atoms with Crippen LogP contribution in [0.5, 0.6) is 0 Å². The van der Waals surface area contributed by atoms with E-state index in [2.05, 4.69) is 212 Å². The number of unbranched alkanes of at least 4 members (excludes halogenated alkanes) is 2. The maximum absolute atomic E-state index is 11.3. The summed E-state index contributed by atoms with van der Waals surface area (Å²) >= 11 is 0. The average molecular weight is 1030 g/mol. The number of aliphatic hydroxyl groups is 1. The van der Waals surface area contributed by atoms with E-state index in [0.29, 0.717) is 31.5 Å². The van der Waals surface area contributed by atoms with Crippen molar-refractivity contribution in [2.24, 2.45) is 0 Å². The Hall–Kier alpha value is -6.41. The molecule has 2 fully saturated rings. The molecule has 7 rings (SSSR count). The van der Waals surface area contributed by atoms with E-state index in [4.69, 9.17) is 24.4 Å². The topological polar surface area (TPSA) is 126 Å². The number of benzene rings is 5. The van der Waals surface area contributed by atoms with Crippen LogP contribution in [0, 0.1) is 0 Å². The van der Waals surface area contributed by atoms with Crippen LogP contribution in [0.2, 0.25) is 0 Å². The molecule has 5 aromatic rings. The van der Waals surface area contributed by atoms with Gasteiger partial charge in [-0.2, -0.15) is 0 Å². The second-order valence-electron chi connectivity index (χ2n) is 18.1. The molecule has 5 aromatic carbocycles. The Balaban J connectivity index is 0.000000247. The summed E-state index contributed by atoms with van der Waals surface area (Å²) in [6.45, 7) is -1.88. The van der Waals surface area contributed by atoms with Gasteiger partial charge >= 0.3 is 11.9 Å². The summed E-state index contributed by atoms with van der Waals surface area (Å²) in [6.07, 6.45) is 37.5. The van der Waals surface area contributed by atoms with Crippen LogP contribution >= 0.6 is 6.89 Å². The molecular weight excluding hydrogens is 952 g/mol. The molecule has 2 N–H and O–H groups in total. The molecule has 0 aromatic heterocycles. The highest BCUT2D eigenvalue weighted by atomic mass is 31.2. The predicted octanol–water partition coefficient (Wildman–Crippen LogP) is 13.1. The van der Waals surface area contributed by atoms with Crippen LogP contribution in [0.4, 0.5) is 0 Å². The second-order valence-corrected chi connectivity index (χ2v) is 21.4. The van der Waals surface area contributed by atoms with E-state index >= 15 is 0 Å². The van der Waals surface area contributed by atoms with Gasteiger partial charge < -0.3 is 29.2 Å². The lowest BCUT2D eigenvalue weighted by Crippen LogP contribution is -2.26. The fourth-order valence-electron chi connectivity index (χ4n) is 8.41. The number of aryl methyl sites for hydroxylation is 2. The Morgan fingerprint density at radius 3 is 1.25 bits per heavy atom. The summed E-state index contributed by atoms with van der Waals surface area (Å²) in [7, 11) is 2.44. The normalized spacial score (nSPS) is 16.6. The van der Waals surface area contributed by atoms with Crippen LogP contribution < -0.4 is 15.9 Å². The zero-order chi connectivity index (χ0) is 53.4. The van der Waals surface area contributed by atoms with Crippen molar-refractivity contribution >= 4 is 46.8 Å². The smallest absolute Gasteiger partial charge is 0.305 e. The highest BCUT2D eigenvalue weighted by molar-refractivity contribution is 7.94. The Morgan fingerprint density at radius 2 is 0.840 bits per heavy atom. The molecule has 2 heterocycles. The molecule has 0 unspecified atom stereocenters. The molecule has 2 aliphatic rings. The van der Waals surface area contributed by atoms with E-state index in [1.807, 2.05) is 6.07 Å². The van der Waals surface area contributed by atoms with Crippen LogP contribution in [-0.4, -0.2) is 72.9 Å². The average Bonchev–Trinajstić information content (AvgIpc) is 4.40. The summed E-state index contributed by atoms with van der Waals surface area (Å²) in [6, 6.07) is 53.6. The van der Waals surface area contributed by atoms with Crippen molar-refractivity contribution in [3.05, 3.63) is 224 Å². The van der Waals surface area contributed by atoms with Gasteiger partial charge in [-0.05, 0) is 117 Å². The predicted molar refractivity (Wildman–Crippen MR) is 313 cm³/mol. The number of carboxylic acids is 1. The van der Waals surface area contributed by atoms with E-state index in [-0.39, 0.29) is 24.6 Å². The Kier molecular flexibility index (Phi) is 31.1. The van der Waals surface area contributed by atoms with Crippen LogP contribution in [-0.2, 0) is 41.4 Å². The molecule has 0 saturated carbocycles. The molecule has 398 valence electrons. The molecule has 0 radical (unpaired) electrons. The third-order valence-corrected chi connectivity index (χ3v) is 16.6. The zero-order valence-corrected chi connectivity index (χ0v) is 45.2. The van der Waals surface area contributed by atoms with Gasteiger partial charge in [0, 0.05) is 26.4 Å². The van der Waals surface area contributed by atoms with Crippen molar-refractivity contribution in [1.82, 2.24) is 0 Å². The number of carbonyl (C=O) groups excluding carboxylic acids is 2. The fraction of sp³-hybridized carbons (Fsp3) is 0.333. The number of aliphatic carboxylic acids is 1. The monoisotopic (exact) mass is 1030 g/mol. The number of hydrogen-bond donors (Lipinski definition) is 2. The van der Waals surface area contributed by atoms with Crippen molar-refractivity contribution in [2.45, 2.75) is 127 Å². The van der Waals surface area contributed by atoms with Crippen LogP contribution in [0.15, 0.2) is 212 Å². The minimum absolute atomic E-state index is 0.142. The molecule has 8 nitrogen and oxygen atoms in total. The lowest BCUT2D eigenvalue weighted by atomic mass is 10.1. The number of methoxy groups -OCH3 is 1. The number of ether oxygens (including phenoxy) is 3. The number of hydrogen-bond acceptors (Lipinski definition) is 7. The third kappa shape index (κ3) is 25.1. The molecule has 9 heteroatoms. The number of rotatable bonds is 29. The largest absolute Gasteiger partial charge is 0.481 e. The van der Waals surface area contributed by atoms with Crippen molar-refractivity contribution in [3.8, 4) is 0 Å². The lowest BCUT2D eigenvalue weighted by molar-refractivity contribution is -0.140. The molecule has 2 aliphatic heterocycles.